The smallest absolute Gasteiger partial charge is 0.326 e. The molecule has 0 aromatic heterocycles. The molecule has 7 heteroatoms. The van der Waals surface area contributed by atoms with Gasteiger partial charge in [0.25, 0.3) is 0 Å². The Kier molecular flexibility index (Phi) is 4.79. The van der Waals surface area contributed by atoms with E-state index < -0.39 is 12.0 Å². The van der Waals surface area contributed by atoms with E-state index in [0.29, 0.717) is 18.5 Å². The Morgan fingerprint density at radius 3 is 3.00 bits per heavy atom. The zero-order chi connectivity index (χ0) is 15.2. The van der Waals surface area contributed by atoms with Crippen LogP contribution in [0, 0.1) is 0 Å². The maximum absolute atomic E-state index is 12.5. The minimum absolute atomic E-state index is 0.179. The molecule has 0 aliphatic carbocycles. The van der Waals surface area contributed by atoms with Gasteiger partial charge in [-0.05, 0) is 36.9 Å². The third-order valence-corrected chi connectivity index (χ3v) is 3.30. The highest BCUT2D eigenvalue weighted by molar-refractivity contribution is 6.02. The van der Waals surface area contributed by atoms with Gasteiger partial charge in [-0.25, -0.2) is 0 Å². The Morgan fingerprint density at radius 2 is 2.29 bits per heavy atom. The van der Waals surface area contributed by atoms with Gasteiger partial charge in [-0.3, -0.25) is 9.59 Å². The number of hydrogen-bond acceptors (Lipinski definition) is 4. The van der Waals surface area contributed by atoms with Gasteiger partial charge in [0.1, 0.15) is 12.6 Å². The highest BCUT2D eigenvalue weighted by Crippen LogP contribution is 2.28. The number of nitrogens with zero attached hydrogens (tertiary/aromatic N) is 4. The van der Waals surface area contributed by atoms with Crippen molar-refractivity contribution < 1.29 is 14.3 Å². The van der Waals surface area contributed by atoms with Gasteiger partial charge in [0.2, 0.25) is 5.91 Å². The van der Waals surface area contributed by atoms with E-state index in [1.807, 2.05) is 12.1 Å². The van der Waals surface area contributed by atoms with Gasteiger partial charge in [0.15, 0.2) is 0 Å². The molecule has 2 rings (SSSR count). The lowest BCUT2D eigenvalue weighted by Crippen LogP contribution is -2.41. The summed E-state index contributed by atoms with van der Waals surface area (Å²) in [5.74, 6) is -0.854. The second kappa shape index (κ2) is 6.76. The number of hydrogen-bond donors (Lipinski definition) is 0. The predicted octanol–water partition coefficient (Wildman–Crippen LogP) is 2.21. The molecule has 0 spiro atoms. The molecule has 0 bridgehead atoms. The fourth-order valence-corrected chi connectivity index (χ4v) is 2.37. The molecule has 0 saturated heterocycles. The number of fused-ring (bicyclic) bond motifs is 1. The average Bonchev–Trinajstić information content (AvgIpc) is 2.60. The first-order valence-electron chi connectivity index (χ1n) is 6.76. The normalized spacial score (nSPS) is 17.5. The van der Waals surface area contributed by atoms with Gasteiger partial charge in [0, 0.05) is 10.6 Å². The van der Waals surface area contributed by atoms with Gasteiger partial charge in [-0.15, -0.1) is 0 Å². The monoisotopic (exact) mass is 288 g/mol. The maximum atomic E-state index is 12.5. The molecular weight excluding hydrogens is 272 g/mol. The summed E-state index contributed by atoms with van der Waals surface area (Å²) in [7, 11) is 0. The highest BCUT2D eigenvalue weighted by Gasteiger charge is 2.31. The molecule has 0 N–H and O–H groups in total. The molecule has 0 radical (unpaired) electrons. The van der Waals surface area contributed by atoms with Gasteiger partial charge in [0.05, 0.1) is 6.61 Å². The van der Waals surface area contributed by atoms with Crippen LogP contribution in [-0.4, -0.2) is 31.1 Å². The second-order valence-corrected chi connectivity index (χ2v) is 4.62. The molecule has 1 unspecified atom stereocenters. The standard InChI is InChI=1S/C14H16N4O3/c1-2-21-13(19)9-18-12-6-4-3-5-10(12)7-8-11(14(18)20)16-17-15/h3-6,11H,2,7-9H2,1H3. The van der Waals surface area contributed by atoms with Crippen molar-refractivity contribution >= 4 is 17.6 Å². The summed E-state index contributed by atoms with van der Waals surface area (Å²) < 4.78 is 4.91. The lowest BCUT2D eigenvalue weighted by Gasteiger charge is -2.23. The third-order valence-electron chi connectivity index (χ3n) is 3.30. The number of esters is 1. The number of carbonyl (C=O) groups is 2. The molecule has 0 saturated carbocycles. The number of aryl methyl sites for hydroxylation is 1. The van der Waals surface area contributed by atoms with Gasteiger partial charge >= 0.3 is 5.97 Å². The van der Waals surface area contributed by atoms with E-state index in [1.165, 1.54) is 4.90 Å². The second-order valence-electron chi connectivity index (χ2n) is 4.62. The Balaban J connectivity index is 2.36. The quantitative estimate of drug-likeness (QED) is 0.368. The number of anilines is 1. The lowest BCUT2D eigenvalue weighted by atomic mass is 10.1. The molecule has 7 nitrogen and oxygen atoms in total. The van der Waals surface area contributed by atoms with Crippen LogP contribution < -0.4 is 4.90 Å². The minimum atomic E-state index is -0.795. The summed E-state index contributed by atoms with van der Waals surface area (Å²) in [5.41, 5.74) is 10.2. The molecule has 1 aliphatic rings. The molecule has 1 amide bonds. The van der Waals surface area contributed by atoms with E-state index in [-0.39, 0.29) is 19.1 Å². The molecule has 0 fully saturated rings. The van der Waals surface area contributed by atoms with Crippen LogP contribution in [0.3, 0.4) is 0 Å². The Bertz CT molecular complexity index is 596. The van der Waals surface area contributed by atoms with Crippen LogP contribution in [0.5, 0.6) is 0 Å². The van der Waals surface area contributed by atoms with Crippen molar-refractivity contribution in [3.63, 3.8) is 0 Å². The number of ether oxygens (including phenoxy) is 1. The van der Waals surface area contributed by atoms with E-state index in [2.05, 4.69) is 10.0 Å². The molecule has 110 valence electrons. The largest absolute Gasteiger partial charge is 0.465 e. The van der Waals surface area contributed by atoms with Gasteiger partial charge in [-0.2, -0.15) is 0 Å². The summed E-state index contributed by atoms with van der Waals surface area (Å²) in [5, 5.41) is 3.55. The van der Waals surface area contributed by atoms with Crippen molar-refractivity contribution in [1.82, 2.24) is 0 Å². The van der Waals surface area contributed by atoms with Crippen LogP contribution in [0.2, 0.25) is 0 Å². The third kappa shape index (κ3) is 3.32. The first-order valence-corrected chi connectivity index (χ1v) is 6.76. The number of azide groups is 1. The van der Waals surface area contributed by atoms with E-state index in [9.17, 15) is 9.59 Å². The molecule has 1 aromatic carbocycles. The Morgan fingerprint density at radius 1 is 1.52 bits per heavy atom. The van der Waals surface area contributed by atoms with Crippen molar-refractivity contribution in [3.05, 3.63) is 40.3 Å². The van der Waals surface area contributed by atoms with Crippen molar-refractivity contribution in [2.24, 2.45) is 5.11 Å². The average molecular weight is 288 g/mol. The summed E-state index contributed by atoms with van der Waals surface area (Å²) in [4.78, 5) is 28.3. The van der Waals surface area contributed by atoms with E-state index in [0.717, 1.165) is 5.56 Å². The minimum Gasteiger partial charge on any atom is -0.465 e. The van der Waals surface area contributed by atoms with E-state index in [1.54, 1.807) is 19.1 Å². The van der Waals surface area contributed by atoms with Crippen LogP contribution in [0.1, 0.15) is 18.9 Å². The SMILES string of the molecule is CCOC(=O)CN1C(=O)C(N=[N+]=[N-])CCc2ccccc21. The number of carbonyl (C=O) groups excluding carboxylic acids is 2. The summed E-state index contributed by atoms with van der Waals surface area (Å²) in [6.45, 7) is 1.78. The Hall–Kier alpha value is -2.53. The van der Waals surface area contributed by atoms with Crippen LogP contribution in [0.25, 0.3) is 10.4 Å². The van der Waals surface area contributed by atoms with Gasteiger partial charge in [-0.1, -0.05) is 23.3 Å². The zero-order valence-electron chi connectivity index (χ0n) is 11.7. The van der Waals surface area contributed by atoms with Crippen LogP contribution in [0.15, 0.2) is 29.4 Å². The summed E-state index contributed by atoms with van der Waals surface area (Å²) in [6.07, 6.45) is 1.05. The van der Waals surface area contributed by atoms with Crippen LogP contribution in [-0.2, 0) is 20.7 Å². The fourth-order valence-electron chi connectivity index (χ4n) is 2.37. The van der Waals surface area contributed by atoms with Gasteiger partial charge < -0.3 is 9.64 Å². The number of amides is 1. The lowest BCUT2D eigenvalue weighted by molar-refractivity contribution is -0.142. The van der Waals surface area contributed by atoms with E-state index >= 15 is 0 Å². The fraction of sp³-hybridized carbons (Fsp3) is 0.429. The topological polar surface area (TPSA) is 95.4 Å². The van der Waals surface area contributed by atoms with Crippen molar-refractivity contribution in [2.45, 2.75) is 25.8 Å². The number of para-hydroxylation sites is 1. The van der Waals surface area contributed by atoms with Crippen LogP contribution in [0.4, 0.5) is 5.69 Å². The summed E-state index contributed by atoms with van der Waals surface area (Å²) >= 11 is 0. The highest BCUT2D eigenvalue weighted by atomic mass is 16.5. The molecule has 1 heterocycles. The first kappa shape index (κ1) is 14.9. The Labute approximate surface area is 122 Å². The van der Waals surface area contributed by atoms with Crippen molar-refractivity contribution in [3.8, 4) is 0 Å². The molecule has 1 aliphatic heterocycles. The first-order chi connectivity index (χ1) is 10.2. The molecular formula is C14H16N4O3. The summed E-state index contributed by atoms with van der Waals surface area (Å²) in [6, 6.07) is 6.57. The molecule has 21 heavy (non-hydrogen) atoms. The zero-order valence-corrected chi connectivity index (χ0v) is 11.7. The van der Waals surface area contributed by atoms with E-state index in [4.69, 9.17) is 10.3 Å². The molecule has 1 aromatic rings. The van der Waals surface area contributed by atoms with Crippen molar-refractivity contribution in [1.29, 1.82) is 0 Å². The van der Waals surface area contributed by atoms with Crippen LogP contribution >= 0.6 is 0 Å². The maximum Gasteiger partial charge on any atom is 0.326 e. The molecule has 1 atom stereocenters. The number of rotatable bonds is 4. The van der Waals surface area contributed by atoms with Crippen molar-refractivity contribution in [2.75, 3.05) is 18.1 Å². The number of benzene rings is 1. The predicted molar refractivity (Wildman–Crippen MR) is 76.7 cm³/mol.